The molecule has 0 aliphatic carbocycles. The molecule has 4 nitrogen and oxygen atoms in total. The number of amides is 1. The highest BCUT2D eigenvalue weighted by Gasteiger charge is 2.23. The maximum Gasteiger partial charge on any atom is 0.326 e. The summed E-state index contributed by atoms with van der Waals surface area (Å²) in [5, 5.41) is 14.3. The third-order valence-corrected chi connectivity index (χ3v) is 4.36. The summed E-state index contributed by atoms with van der Waals surface area (Å²) < 4.78 is 0. The van der Waals surface area contributed by atoms with Crippen LogP contribution in [0.4, 0.5) is 0 Å². The molecule has 0 spiro atoms. The first-order chi connectivity index (χ1) is 11.5. The Balaban J connectivity index is 2.13. The van der Waals surface area contributed by atoms with Crippen molar-refractivity contribution >= 4 is 22.6 Å². The lowest BCUT2D eigenvalue weighted by molar-refractivity contribution is -0.142. The fourth-order valence-corrected chi connectivity index (χ4v) is 2.85. The Morgan fingerprint density at radius 1 is 1.12 bits per heavy atom. The van der Waals surface area contributed by atoms with E-state index < -0.39 is 12.0 Å². The fraction of sp³-hybridized carbons (Fsp3) is 0.400. The van der Waals surface area contributed by atoms with Crippen molar-refractivity contribution in [1.29, 1.82) is 0 Å². The molecule has 4 heteroatoms. The predicted octanol–water partition coefficient (Wildman–Crippen LogP) is 3.78. The fourth-order valence-electron chi connectivity index (χ4n) is 2.85. The van der Waals surface area contributed by atoms with E-state index in [0.717, 1.165) is 35.6 Å². The summed E-state index contributed by atoms with van der Waals surface area (Å²) in [6, 6.07) is 12.8. The molecular formula is C20H25NO3. The van der Waals surface area contributed by atoms with E-state index in [0.29, 0.717) is 0 Å². The Morgan fingerprint density at radius 2 is 1.83 bits per heavy atom. The second-order valence-corrected chi connectivity index (χ2v) is 6.29. The zero-order valence-electron chi connectivity index (χ0n) is 14.3. The van der Waals surface area contributed by atoms with Crippen molar-refractivity contribution in [3.8, 4) is 0 Å². The van der Waals surface area contributed by atoms with Gasteiger partial charge in [0.15, 0.2) is 0 Å². The first-order valence-corrected chi connectivity index (χ1v) is 8.52. The number of carboxylic acids is 1. The van der Waals surface area contributed by atoms with Gasteiger partial charge in [0.1, 0.15) is 6.04 Å². The van der Waals surface area contributed by atoms with Gasteiger partial charge in [0.05, 0.1) is 0 Å². The van der Waals surface area contributed by atoms with Crippen LogP contribution in [-0.4, -0.2) is 23.0 Å². The number of hydrogen-bond acceptors (Lipinski definition) is 2. The molecule has 0 aromatic heterocycles. The first-order valence-electron chi connectivity index (χ1n) is 8.52. The third-order valence-electron chi connectivity index (χ3n) is 4.36. The Kier molecular flexibility index (Phi) is 6.36. The van der Waals surface area contributed by atoms with Gasteiger partial charge >= 0.3 is 5.97 Å². The molecule has 24 heavy (non-hydrogen) atoms. The number of carbonyl (C=O) groups is 2. The molecule has 0 aliphatic rings. The summed E-state index contributed by atoms with van der Waals surface area (Å²) in [6.07, 6.45) is 3.05. The smallest absolute Gasteiger partial charge is 0.326 e. The van der Waals surface area contributed by atoms with Crippen LogP contribution >= 0.6 is 0 Å². The SMILES string of the molecule is CCCCC(C)C(=O)NC(Cc1cccc2ccccc12)C(=O)O. The molecule has 0 fully saturated rings. The van der Waals surface area contributed by atoms with Crippen molar-refractivity contribution < 1.29 is 14.7 Å². The highest BCUT2D eigenvalue weighted by atomic mass is 16.4. The van der Waals surface area contributed by atoms with Crippen LogP contribution in [0.2, 0.25) is 0 Å². The van der Waals surface area contributed by atoms with Crippen LogP contribution in [0.15, 0.2) is 42.5 Å². The predicted molar refractivity (Wildman–Crippen MR) is 95.9 cm³/mol. The molecule has 0 radical (unpaired) electrons. The van der Waals surface area contributed by atoms with Crippen molar-refractivity contribution in [3.63, 3.8) is 0 Å². The van der Waals surface area contributed by atoms with Gasteiger partial charge in [0, 0.05) is 12.3 Å². The number of carboxylic acid groups (broad SMARTS) is 1. The molecule has 2 aromatic carbocycles. The molecule has 0 saturated carbocycles. The summed E-state index contributed by atoms with van der Waals surface area (Å²) in [7, 11) is 0. The van der Waals surface area contributed by atoms with E-state index >= 15 is 0 Å². The van der Waals surface area contributed by atoms with Crippen LogP contribution < -0.4 is 5.32 Å². The summed E-state index contributed by atoms with van der Waals surface area (Å²) >= 11 is 0. The van der Waals surface area contributed by atoms with E-state index in [2.05, 4.69) is 12.2 Å². The van der Waals surface area contributed by atoms with Gasteiger partial charge in [-0.25, -0.2) is 4.79 Å². The van der Waals surface area contributed by atoms with Gasteiger partial charge in [0.2, 0.25) is 5.91 Å². The van der Waals surface area contributed by atoms with Gasteiger partial charge in [-0.3, -0.25) is 4.79 Å². The number of rotatable bonds is 8. The van der Waals surface area contributed by atoms with Crippen LogP contribution in [0.25, 0.3) is 10.8 Å². The van der Waals surface area contributed by atoms with Crippen molar-refractivity contribution in [2.75, 3.05) is 0 Å². The lowest BCUT2D eigenvalue weighted by Crippen LogP contribution is -2.44. The average molecular weight is 327 g/mol. The van der Waals surface area contributed by atoms with E-state index in [9.17, 15) is 14.7 Å². The van der Waals surface area contributed by atoms with Crippen LogP contribution in [0.5, 0.6) is 0 Å². The zero-order chi connectivity index (χ0) is 17.5. The van der Waals surface area contributed by atoms with E-state index in [4.69, 9.17) is 0 Å². The molecule has 2 unspecified atom stereocenters. The molecule has 0 saturated heterocycles. The van der Waals surface area contributed by atoms with Gasteiger partial charge in [0.25, 0.3) is 0 Å². The molecule has 2 N–H and O–H groups in total. The summed E-state index contributed by atoms with van der Waals surface area (Å²) in [5.74, 6) is -1.35. The first kappa shape index (κ1) is 18.0. The van der Waals surface area contributed by atoms with Crippen LogP contribution in [-0.2, 0) is 16.0 Å². The number of carbonyl (C=O) groups excluding carboxylic acids is 1. The van der Waals surface area contributed by atoms with Crippen LogP contribution in [0.3, 0.4) is 0 Å². The maximum absolute atomic E-state index is 12.2. The van der Waals surface area contributed by atoms with E-state index in [1.807, 2.05) is 49.4 Å². The lowest BCUT2D eigenvalue weighted by atomic mass is 9.97. The number of benzene rings is 2. The minimum absolute atomic E-state index is 0.167. The minimum atomic E-state index is -1.00. The Hall–Kier alpha value is -2.36. The molecule has 2 atom stereocenters. The van der Waals surface area contributed by atoms with Gasteiger partial charge in [-0.15, -0.1) is 0 Å². The number of nitrogens with one attached hydrogen (secondary N) is 1. The number of hydrogen-bond donors (Lipinski definition) is 2. The van der Waals surface area contributed by atoms with Gasteiger partial charge < -0.3 is 10.4 Å². The van der Waals surface area contributed by atoms with Crippen LogP contribution in [0, 0.1) is 5.92 Å². The van der Waals surface area contributed by atoms with E-state index in [-0.39, 0.29) is 18.2 Å². The lowest BCUT2D eigenvalue weighted by Gasteiger charge is -2.18. The van der Waals surface area contributed by atoms with Gasteiger partial charge in [-0.1, -0.05) is 69.2 Å². The quantitative estimate of drug-likeness (QED) is 0.775. The summed E-state index contributed by atoms with van der Waals surface area (Å²) in [4.78, 5) is 23.8. The Morgan fingerprint density at radius 3 is 2.54 bits per heavy atom. The number of unbranched alkanes of at least 4 members (excludes halogenated alkanes) is 1. The van der Waals surface area contributed by atoms with Gasteiger partial charge in [-0.2, -0.15) is 0 Å². The van der Waals surface area contributed by atoms with Crippen molar-refractivity contribution in [2.45, 2.75) is 45.6 Å². The molecule has 2 rings (SSSR count). The topological polar surface area (TPSA) is 66.4 Å². The zero-order valence-corrected chi connectivity index (χ0v) is 14.3. The second kappa shape index (κ2) is 8.48. The minimum Gasteiger partial charge on any atom is -0.480 e. The Bertz CT molecular complexity index is 706. The Labute approximate surface area is 142 Å². The normalized spacial score (nSPS) is 13.4. The number of aliphatic carboxylic acids is 1. The van der Waals surface area contributed by atoms with E-state index in [1.54, 1.807) is 0 Å². The maximum atomic E-state index is 12.2. The molecule has 128 valence electrons. The van der Waals surface area contributed by atoms with Crippen molar-refractivity contribution in [1.82, 2.24) is 5.32 Å². The highest BCUT2D eigenvalue weighted by Crippen LogP contribution is 2.20. The summed E-state index contributed by atoms with van der Waals surface area (Å²) in [6.45, 7) is 3.92. The van der Waals surface area contributed by atoms with Crippen LogP contribution in [0.1, 0.15) is 38.7 Å². The third kappa shape index (κ3) is 4.57. The standard InChI is InChI=1S/C20H25NO3/c1-3-4-8-14(2)19(22)21-18(20(23)24)13-16-11-7-10-15-9-5-6-12-17(15)16/h5-7,9-12,14,18H,3-4,8,13H2,1-2H3,(H,21,22)(H,23,24). The molecule has 1 amide bonds. The molecule has 2 aromatic rings. The average Bonchev–Trinajstić information content (AvgIpc) is 2.59. The van der Waals surface area contributed by atoms with Crippen molar-refractivity contribution in [3.05, 3.63) is 48.0 Å². The second-order valence-electron chi connectivity index (χ2n) is 6.29. The van der Waals surface area contributed by atoms with Gasteiger partial charge in [-0.05, 0) is 22.8 Å². The van der Waals surface area contributed by atoms with E-state index in [1.165, 1.54) is 0 Å². The summed E-state index contributed by atoms with van der Waals surface area (Å²) in [5.41, 5.74) is 0.932. The number of fused-ring (bicyclic) bond motifs is 1. The molecular weight excluding hydrogens is 302 g/mol. The van der Waals surface area contributed by atoms with Crippen molar-refractivity contribution in [2.24, 2.45) is 5.92 Å². The monoisotopic (exact) mass is 327 g/mol. The molecule has 0 heterocycles. The molecule has 0 aliphatic heterocycles. The molecule has 0 bridgehead atoms. The highest BCUT2D eigenvalue weighted by molar-refractivity contribution is 5.88. The largest absolute Gasteiger partial charge is 0.480 e.